The number of hydrogen-bond acceptors (Lipinski definition) is 3. The zero-order valence-electron chi connectivity index (χ0n) is 12.9. The predicted molar refractivity (Wildman–Crippen MR) is 81.7 cm³/mol. The zero-order chi connectivity index (χ0) is 14.8. The molecule has 0 amide bonds. The van der Waals surface area contributed by atoms with Crippen LogP contribution in [0.25, 0.3) is 0 Å². The fourth-order valence-electron chi connectivity index (χ4n) is 1.96. The second-order valence-corrected chi connectivity index (χ2v) is 4.11. The Balaban J connectivity index is 3.14. The van der Waals surface area contributed by atoms with Gasteiger partial charge in [-0.1, -0.05) is 6.07 Å². The minimum absolute atomic E-state index is 0.582. The zero-order valence-corrected chi connectivity index (χ0v) is 12.9. The molecule has 20 heavy (non-hydrogen) atoms. The average Bonchev–Trinajstić information content (AvgIpc) is 2.45. The molecular formula is C17H24O3. The molecule has 0 bridgehead atoms. The highest BCUT2D eigenvalue weighted by atomic mass is 16.5. The predicted octanol–water partition coefficient (Wildman–Crippen LogP) is 3.84. The van der Waals surface area contributed by atoms with Crippen LogP contribution in [-0.2, 0) is 6.42 Å². The summed E-state index contributed by atoms with van der Waals surface area (Å²) in [5, 5.41) is 0. The van der Waals surface area contributed by atoms with E-state index in [0.29, 0.717) is 25.6 Å². The monoisotopic (exact) mass is 276 g/mol. The van der Waals surface area contributed by atoms with Crippen LogP contribution in [0.15, 0.2) is 12.1 Å². The van der Waals surface area contributed by atoms with E-state index in [4.69, 9.17) is 14.2 Å². The molecule has 0 saturated heterocycles. The highest BCUT2D eigenvalue weighted by Gasteiger charge is 2.16. The Morgan fingerprint density at radius 1 is 0.900 bits per heavy atom. The summed E-state index contributed by atoms with van der Waals surface area (Å²) in [6.07, 6.45) is 1.67. The maximum atomic E-state index is 5.79. The molecule has 0 heterocycles. The van der Waals surface area contributed by atoms with E-state index < -0.39 is 0 Å². The van der Waals surface area contributed by atoms with Crippen molar-refractivity contribution in [3.8, 4) is 29.1 Å². The Hall–Kier alpha value is -1.82. The number of hydrogen-bond donors (Lipinski definition) is 0. The Bertz CT molecular complexity index is 469. The first-order valence-corrected chi connectivity index (χ1v) is 7.22. The van der Waals surface area contributed by atoms with Crippen LogP contribution in [0, 0.1) is 11.8 Å². The smallest absolute Gasteiger partial charge is 0.203 e. The van der Waals surface area contributed by atoms with Crippen molar-refractivity contribution in [1.82, 2.24) is 0 Å². The van der Waals surface area contributed by atoms with Gasteiger partial charge < -0.3 is 14.2 Å². The lowest BCUT2D eigenvalue weighted by Gasteiger charge is -2.18. The maximum absolute atomic E-state index is 5.79. The summed E-state index contributed by atoms with van der Waals surface area (Å²) in [5.74, 6) is 8.23. The van der Waals surface area contributed by atoms with Crippen molar-refractivity contribution in [2.45, 2.75) is 40.5 Å². The third-order valence-electron chi connectivity index (χ3n) is 2.73. The van der Waals surface area contributed by atoms with Gasteiger partial charge in [0.25, 0.3) is 0 Å². The van der Waals surface area contributed by atoms with Crippen molar-refractivity contribution in [1.29, 1.82) is 0 Å². The number of aryl methyl sites for hydroxylation is 1. The van der Waals surface area contributed by atoms with Crippen molar-refractivity contribution in [2.24, 2.45) is 0 Å². The van der Waals surface area contributed by atoms with Crippen LogP contribution in [0.2, 0.25) is 0 Å². The lowest BCUT2D eigenvalue weighted by atomic mass is 10.1. The molecule has 0 N–H and O–H groups in total. The van der Waals surface area contributed by atoms with E-state index in [9.17, 15) is 0 Å². The van der Waals surface area contributed by atoms with Crippen LogP contribution in [0.1, 0.15) is 39.7 Å². The molecule has 0 aliphatic heterocycles. The third-order valence-corrected chi connectivity index (χ3v) is 2.73. The van der Waals surface area contributed by atoms with E-state index in [0.717, 1.165) is 29.9 Å². The van der Waals surface area contributed by atoms with Gasteiger partial charge in [0.2, 0.25) is 5.75 Å². The lowest BCUT2D eigenvalue weighted by Crippen LogP contribution is -2.05. The van der Waals surface area contributed by atoms with Crippen LogP contribution < -0.4 is 14.2 Å². The molecule has 0 radical (unpaired) electrons. The van der Waals surface area contributed by atoms with Gasteiger partial charge in [-0.2, -0.15) is 0 Å². The van der Waals surface area contributed by atoms with E-state index in [1.165, 1.54) is 0 Å². The first-order valence-electron chi connectivity index (χ1n) is 7.22. The average molecular weight is 276 g/mol. The molecule has 0 saturated carbocycles. The highest BCUT2D eigenvalue weighted by Crippen LogP contribution is 2.41. The van der Waals surface area contributed by atoms with Crippen molar-refractivity contribution in [3.63, 3.8) is 0 Å². The molecule has 0 aromatic heterocycles. The molecule has 1 aromatic rings. The van der Waals surface area contributed by atoms with Crippen molar-refractivity contribution >= 4 is 0 Å². The van der Waals surface area contributed by atoms with E-state index in [-0.39, 0.29) is 0 Å². The molecule has 0 aliphatic carbocycles. The standard InChI is InChI=1S/C17H24O3/c1-5-9-10-11-14-12-13-15(18-6-2)17(20-8-4)16(14)19-7-3/h12-13H,6-8,10-11H2,1-4H3. The summed E-state index contributed by atoms with van der Waals surface area (Å²) in [4.78, 5) is 0. The first kappa shape index (κ1) is 16.2. The Labute approximate surface area is 122 Å². The van der Waals surface area contributed by atoms with Gasteiger partial charge in [0.05, 0.1) is 19.8 Å². The fourth-order valence-corrected chi connectivity index (χ4v) is 1.96. The summed E-state index contributed by atoms with van der Waals surface area (Å²) in [6.45, 7) is 9.53. The van der Waals surface area contributed by atoms with E-state index in [1.807, 2.05) is 39.8 Å². The quantitative estimate of drug-likeness (QED) is 0.675. The molecule has 1 aromatic carbocycles. The minimum atomic E-state index is 0.582. The Morgan fingerprint density at radius 2 is 1.55 bits per heavy atom. The van der Waals surface area contributed by atoms with Crippen molar-refractivity contribution in [3.05, 3.63) is 17.7 Å². The summed E-state index contributed by atoms with van der Waals surface area (Å²) in [5.41, 5.74) is 1.11. The Morgan fingerprint density at radius 3 is 2.15 bits per heavy atom. The van der Waals surface area contributed by atoms with Gasteiger partial charge in [-0.05, 0) is 45.7 Å². The molecule has 0 spiro atoms. The van der Waals surface area contributed by atoms with Crippen LogP contribution in [-0.4, -0.2) is 19.8 Å². The molecule has 0 unspecified atom stereocenters. The fraction of sp³-hybridized carbons (Fsp3) is 0.529. The highest BCUT2D eigenvalue weighted by molar-refractivity contribution is 5.56. The molecule has 3 nitrogen and oxygen atoms in total. The maximum Gasteiger partial charge on any atom is 0.203 e. The van der Waals surface area contributed by atoms with Gasteiger partial charge >= 0.3 is 0 Å². The summed E-state index contributed by atoms with van der Waals surface area (Å²) in [7, 11) is 0. The SMILES string of the molecule is CC#CCCc1ccc(OCC)c(OCC)c1OCC. The van der Waals surface area contributed by atoms with E-state index in [2.05, 4.69) is 11.8 Å². The van der Waals surface area contributed by atoms with Gasteiger partial charge in [-0.3, -0.25) is 0 Å². The molecule has 0 atom stereocenters. The first-order chi connectivity index (χ1) is 9.78. The van der Waals surface area contributed by atoms with Crippen LogP contribution >= 0.6 is 0 Å². The molecule has 0 aliphatic rings. The Kier molecular flexibility index (Phi) is 7.42. The second kappa shape index (κ2) is 9.14. The van der Waals surface area contributed by atoms with Gasteiger partial charge in [-0.15, -0.1) is 11.8 Å². The summed E-state index contributed by atoms with van der Waals surface area (Å²) >= 11 is 0. The number of benzene rings is 1. The third kappa shape index (κ3) is 4.38. The molecular weight excluding hydrogens is 252 g/mol. The second-order valence-electron chi connectivity index (χ2n) is 4.11. The van der Waals surface area contributed by atoms with Crippen molar-refractivity contribution < 1.29 is 14.2 Å². The summed E-state index contributed by atoms with van der Waals surface area (Å²) < 4.78 is 17.1. The normalized spacial score (nSPS) is 9.60. The molecule has 3 heteroatoms. The molecule has 1 rings (SSSR count). The lowest BCUT2D eigenvalue weighted by molar-refractivity contribution is 0.259. The number of rotatable bonds is 8. The molecule has 110 valence electrons. The van der Waals surface area contributed by atoms with Crippen LogP contribution in [0.5, 0.6) is 17.2 Å². The minimum Gasteiger partial charge on any atom is -0.490 e. The summed E-state index contributed by atoms with van der Waals surface area (Å²) in [6, 6.07) is 3.99. The largest absolute Gasteiger partial charge is 0.490 e. The molecule has 0 fully saturated rings. The van der Waals surface area contributed by atoms with E-state index >= 15 is 0 Å². The van der Waals surface area contributed by atoms with E-state index in [1.54, 1.807) is 0 Å². The number of ether oxygens (including phenoxy) is 3. The van der Waals surface area contributed by atoms with Gasteiger partial charge in [-0.25, -0.2) is 0 Å². The topological polar surface area (TPSA) is 27.7 Å². The van der Waals surface area contributed by atoms with Gasteiger partial charge in [0.1, 0.15) is 0 Å². The van der Waals surface area contributed by atoms with Crippen molar-refractivity contribution in [2.75, 3.05) is 19.8 Å². The van der Waals surface area contributed by atoms with Crippen LogP contribution in [0.3, 0.4) is 0 Å². The van der Waals surface area contributed by atoms with Gasteiger partial charge in [0.15, 0.2) is 11.5 Å². The van der Waals surface area contributed by atoms with Crippen LogP contribution in [0.4, 0.5) is 0 Å². The van der Waals surface area contributed by atoms with Gasteiger partial charge in [0, 0.05) is 6.42 Å².